The van der Waals surface area contributed by atoms with E-state index in [1.165, 1.54) is 0 Å². The highest BCUT2D eigenvalue weighted by Gasteiger charge is 2.25. The molecule has 1 N–H and O–H groups in total. The van der Waals surface area contributed by atoms with E-state index in [4.69, 9.17) is 4.74 Å². The van der Waals surface area contributed by atoms with E-state index in [0.29, 0.717) is 0 Å². The molecule has 1 amide bonds. The normalized spacial score (nSPS) is 12.2. The molecule has 4 nitrogen and oxygen atoms in total. The minimum absolute atomic E-state index is 0.0209. The topological polar surface area (TPSA) is 41.6 Å². The largest absolute Gasteiger partial charge is 0.491 e. The van der Waals surface area contributed by atoms with Crippen LogP contribution in [0.25, 0.3) is 0 Å². The first-order valence-electron chi connectivity index (χ1n) is 8.91. The fraction of sp³-hybridized carbons (Fsp3) is 0.381. The Morgan fingerprint density at radius 1 is 1.00 bits per heavy atom. The van der Waals surface area contributed by atoms with E-state index in [0.717, 1.165) is 30.1 Å². The van der Waals surface area contributed by atoms with Gasteiger partial charge >= 0.3 is 0 Å². The first kappa shape index (κ1) is 19.0. The molecule has 0 saturated carbocycles. The fourth-order valence-electron chi connectivity index (χ4n) is 2.85. The summed E-state index contributed by atoms with van der Waals surface area (Å²) in [5.74, 6) is 0.781. The Hall–Kier alpha value is -2.33. The second-order valence-corrected chi connectivity index (χ2v) is 6.21. The van der Waals surface area contributed by atoms with E-state index in [2.05, 4.69) is 24.1 Å². The van der Waals surface area contributed by atoms with Crippen LogP contribution >= 0.6 is 0 Å². The van der Waals surface area contributed by atoms with Crippen molar-refractivity contribution in [3.63, 3.8) is 0 Å². The predicted octanol–water partition coefficient (Wildman–Crippen LogP) is 4.50. The molecule has 0 spiro atoms. The number of rotatable bonds is 8. The summed E-state index contributed by atoms with van der Waals surface area (Å²) in [6.45, 7) is 9.75. The minimum Gasteiger partial charge on any atom is -0.491 e. The van der Waals surface area contributed by atoms with Crippen molar-refractivity contribution >= 4 is 11.6 Å². The van der Waals surface area contributed by atoms with E-state index in [-0.39, 0.29) is 18.1 Å². The number of carbonyl (C=O) groups is 1. The summed E-state index contributed by atoms with van der Waals surface area (Å²) >= 11 is 0. The average molecular weight is 340 g/mol. The van der Waals surface area contributed by atoms with Crippen molar-refractivity contribution in [3.8, 4) is 5.75 Å². The lowest BCUT2D eigenvalue weighted by Gasteiger charge is -2.29. The molecule has 134 valence electrons. The zero-order chi connectivity index (χ0) is 18.2. The number of benzene rings is 2. The van der Waals surface area contributed by atoms with Gasteiger partial charge in [0, 0.05) is 5.69 Å². The van der Waals surface area contributed by atoms with Gasteiger partial charge in [0.25, 0.3) is 0 Å². The van der Waals surface area contributed by atoms with E-state index >= 15 is 0 Å². The van der Waals surface area contributed by atoms with Crippen molar-refractivity contribution in [1.82, 2.24) is 4.90 Å². The molecule has 0 bridgehead atoms. The maximum absolute atomic E-state index is 13.0. The maximum Gasteiger partial charge on any atom is 0.246 e. The van der Waals surface area contributed by atoms with Crippen LogP contribution in [0.2, 0.25) is 0 Å². The smallest absolute Gasteiger partial charge is 0.246 e. The highest BCUT2D eigenvalue weighted by Crippen LogP contribution is 2.23. The molecule has 25 heavy (non-hydrogen) atoms. The van der Waals surface area contributed by atoms with Crippen LogP contribution in [0.3, 0.4) is 0 Å². The van der Waals surface area contributed by atoms with Crippen LogP contribution in [-0.4, -0.2) is 30.0 Å². The van der Waals surface area contributed by atoms with Crippen LogP contribution in [0.4, 0.5) is 5.69 Å². The van der Waals surface area contributed by atoms with E-state index < -0.39 is 0 Å². The Balaban J connectivity index is 2.16. The Morgan fingerprint density at radius 3 is 2.12 bits per heavy atom. The third kappa shape index (κ3) is 5.33. The van der Waals surface area contributed by atoms with Crippen LogP contribution < -0.4 is 10.1 Å². The van der Waals surface area contributed by atoms with Crippen LogP contribution in [0.15, 0.2) is 54.6 Å². The van der Waals surface area contributed by atoms with E-state index in [1.54, 1.807) is 0 Å². The summed E-state index contributed by atoms with van der Waals surface area (Å²) in [5, 5.41) is 3.03. The summed E-state index contributed by atoms with van der Waals surface area (Å²) in [6, 6.07) is 17.1. The zero-order valence-corrected chi connectivity index (χ0v) is 15.5. The van der Waals surface area contributed by atoms with Crippen molar-refractivity contribution in [2.45, 2.75) is 39.8 Å². The van der Waals surface area contributed by atoms with Crippen molar-refractivity contribution < 1.29 is 9.53 Å². The molecular weight excluding hydrogens is 312 g/mol. The SMILES string of the molecule is CCN(CC)C(C(=O)Nc1ccc(OC(C)C)cc1)c1ccccc1. The van der Waals surface area contributed by atoms with Crippen LogP contribution in [0, 0.1) is 0 Å². The monoisotopic (exact) mass is 340 g/mol. The van der Waals surface area contributed by atoms with Gasteiger partial charge in [0.05, 0.1) is 6.10 Å². The number of amides is 1. The van der Waals surface area contributed by atoms with Gasteiger partial charge in [-0.25, -0.2) is 0 Å². The van der Waals surface area contributed by atoms with Gasteiger partial charge in [-0.15, -0.1) is 0 Å². The second kappa shape index (κ2) is 9.23. The fourth-order valence-corrected chi connectivity index (χ4v) is 2.85. The Labute approximate surface area is 150 Å². The number of nitrogens with one attached hydrogen (secondary N) is 1. The quantitative estimate of drug-likeness (QED) is 0.769. The molecule has 2 rings (SSSR count). The second-order valence-electron chi connectivity index (χ2n) is 6.21. The molecule has 0 aliphatic heterocycles. The van der Waals surface area contributed by atoms with Crippen LogP contribution in [0.1, 0.15) is 39.3 Å². The number of likely N-dealkylation sites (N-methyl/N-ethyl adjacent to an activating group) is 1. The summed E-state index contributed by atoms with van der Waals surface area (Å²) in [6.07, 6.45) is 0.130. The third-order valence-electron chi connectivity index (χ3n) is 4.03. The highest BCUT2D eigenvalue weighted by molar-refractivity contribution is 5.95. The molecule has 1 unspecified atom stereocenters. The summed E-state index contributed by atoms with van der Waals surface area (Å²) in [5.41, 5.74) is 1.78. The van der Waals surface area contributed by atoms with Gasteiger partial charge in [-0.1, -0.05) is 44.2 Å². The number of carbonyl (C=O) groups excluding carboxylic acids is 1. The van der Waals surface area contributed by atoms with Gasteiger partial charge in [0.15, 0.2) is 0 Å². The molecule has 0 fully saturated rings. The molecule has 0 heterocycles. The van der Waals surface area contributed by atoms with Crippen molar-refractivity contribution in [1.29, 1.82) is 0 Å². The average Bonchev–Trinajstić information content (AvgIpc) is 2.61. The Morgan fingerprint density at radius 2 is 1.60 bits per heavy atom. The molecular formula is C21H28N2O2. The van der Waals surface area contributed by atoms with Gasteiger partial charge < -0.3 is 10.1 Å². The lowest BCUT2D eigenvalue weighted by atomic mass is 10.0. The van der Waals surface area contributed by atoms with Gasteiger partial charge in [0.1, 0.15) is 11.8 Å². The predicted molar refractivity (Wildman–Crippen MR) is 103 cm³/mol. The summed E-state index contributed by atoms with van der Waals surface area (Å²) in [7, 11) is 0. The first-order chi connectivity index (χ1) is 12.0. The van der Waals surface area contributed by atoms with E-state index in [1.807, 2.05) is 68.4 Å². The molecule has 0 saturated heterocycles. The number of anilines is 1. The summed E-state index contributed by atoms with van der Waals surface area (Å²) < 4.78 is 5.64. The van der Waals surface area contributed by atoms with Crippen LogP contribution in [-0.2, 0) is 4.79 Å². The zero-order valence-electron chi connectivity index (χ0n) is 15.5. The number of nitrogens with zero attached hydrogens (tertiary/aromatic N) is 1. The van der Waals surface area contributed by atoms with Gasteiger partial charge in [-0.3, -0.25) is 9.69 Å². The van der Waals surface area contributed by atoms with Crippen molar-refractivity contribution in [2.24, 2.45) is 0 Å². The highest BCUT2D eigenvalue weighted by atomic mass is 16.5. The standard InChI is InChI=1S/C21H28N2O2/c1-5-23(6-2)20(17-10-8-7-9-11-17)21(24)22-18-12-14-19(15-13-18)25-16(3)4/h7-16,20H,5-6H2,1-4H3,(H,22,24). The lowest BCUT2D eigenvalue weighted by Crippen LogP contribution is -2.37. The first-order valence-corrected chi connectivity index (χ1v) is 8.91. The molecule has 0 aliphatic carbocycles. The van der Waals surface area contributed by atoms with Crippen molar-refractivity contribution in [2.75, 3.05) is 18.4 Å². The molecule has 2 aromatic carbocycles. The van der Waals surface area contributed by atoms with Crippen LogP contribution in [0.5, 0.6) is 5.75 Å². The Bertz CT molecular complexity index is 649. The van der Waals surface area contributed by atoms with Gasteiger partial charge in [-0.05, 0) is 56.8 Å². The third-order valence-corrected chi connectivity index (χ3v) is 4.03. The lowest BCUT2D eigenvalue weighted by molar-refractivity contribution is -0.121. The Kier molecular flexibility index (Phi) is 7.02. The number of hydrogen-bond acceptors (Lipinski definition) is 3. The molecule has 1 atom stereocenters. The maximum atomic E-state index is 13.0. The molecule has 0 aliphatic rings. The minimum atomic E-state index is -0.303. The van der Waals surface area contributed by atoms with Gasteiger partial charge in [0.2, 0.25) is 5.91 Å². The molecule has 0 aromatic heterocycles. The molecule has 0 radical (unpaired) electrons. The van der Waals surface area contributed by atoms with Gasteiger partial charge in [-0.2, -0.15) is 0 Å². The number of hydrogen-bond donors (Lipinski definition) is 1. The van der Waals surface area contributed by atoms with E-state index in [9.17, 15) is 4.79 Å². The number of ether oxygens (including phenoxy) is 1. The molecule has 2 aromatic rings. The summed E-state index contributed by atoms with van der Waals surface area (Å²) in [4.78, 5) is 15.1. The van der Waals surface area contributed by atoms with Crippen molar-refractivity contribution in [3.05, 3.63) is 60.2 Å². The molecule has 4 heteroatoms.